The highest BCUT2D eigenvalue weighted by atomic mass is 32.2. The van der Waals surface area contributed by atoms with E-state index in [2.05, 4.69) is 13.2 Å². The summed E-state index contributed by atoms with van der Waals surface area (Å²) in [4.78, 5) is 35.3. The summed E-state index contributed by atoms with van der Waals surface area (Å²) >= 11 is 1.06. The fraction of sp³-hybridized carbons (Fsp3) is 0.125. The van der Waals surface area contributed by atoms with Crippen LogP contribution in [0.3, 0.4) is 0 Å². The first-order chi connectivity index (χ1) is 14.9. The molecule has 160 valence electrons. The van der Waals surface area contributed by atoms with Crippen LogP contribution in [0.15, 0.2) is 84.3 Å². The summed E-state index contributed by atoms with van der Waals surface area (Å²) in [5, 5.41) is -0.143. The molecule has 2 rings (SSSR count). The van der Waals surface area contributed by atoms with Crippen molar-refractivity contribution >= 4 is 34.9 Å². The average molecular weight is 439 g/mol. The molecule has 0 unspecified atom stereocenters. The SMILES string of the molecule is C=CC(=O)OCCOc1ccc(/C=C/C(=O)Sc2ccc(OC(=O)C(=C)C)cc2)cc1. The third-order valence-electron chi connectivity index (χ3n) is 3.66. The zero-order valence-electron chi connectivity index (χ0n) is 17.0. The standard InChI is InChI=1S/C24H22O6S/c1-4-22(25)29-16-15-28-19-8-5-18(6-9-19)7-14-23(26)31-21-12-10-20(11-13-21)30-24(27)17(2)3/h4-14H,1-2,15-16H2,3H3/b14-7+. The molecule has 7 heteroatoms. The molecule has 0 saturated carbocycles. The fourth-order valence-corrected chi connectivity index (χ4v) is 2.76. The number of hydrogen-bond acceptors (Lipinski definition) is 7. The molecule has 6 nitrogen and oxygen atoms in total. The van der Waals surface area contributed by atoms with E-state index in [4.69, 9.17) is 14.2 Å². The fourth-order valence-electron chi connectivity index (χ4n) is 2.12. The van der Waals surface area contributed by atoms with Gasteiger partial charge in [0.05, 0.1) is 0 Å². The molecule has 0 radical (unpaired) electrons. The van der Waals surface area contributed by atoms with Crippen LogP contribution in [0.5, 0.6) is 11.5 Å². The van der Waals surface area contributed by atoms with Gasteiger partial charge in [0, 0.05) is 16.5 Å². The van der Waals surface area contributed by atoms with E-state index in [-0.39, 0.29) is 18.3 Å². The van der Waals surface area contributed by atoms with Crippen LogP contribution in [0.4, 0.5) is 0 Å². The summed E-state index contributed by atoms with van der Waals surface area (Å²) in [6.07, 6.45) is 4.27. The van der Waals surface area contributed by atoms with Crippen molar-refractivity contribution in [2.24, 2.45) is 0 Å². The first-order valence-electron chi connectivity index (χ1n) is 9.27. The second-order valence-electron chi connectivity index (χ2n) is 6.18. The Morgan fingerprint density at radius 2 is 1.61 bits per heavy atom. The summed E-state index contributed by atoms with van der Waals surface area (Å²) < 4.78 is 15.4. The molecule has 0 heterocycles. The van der Waals surface area contributed by atoms with E-state index in [1.165, 1.54) is 6.08 Å². The molecule has 0 aliphatic heterocycles. The first-order valence-corrected chi connectivity index (χ1v) is 10.1. The molecule has 0 atom stereocenters. The van der Waals surface area contributed by atoms with Crippen molar-refractivity contribution < 1.29 is 28.6 Å². The highest BCUT2D eigenvalue weighted by Gasteiger charge is 2.06. The first kappa shape index (κ1) is 23.7. The van der Waals surface area contributed by atoms with Gasteiger partial charge in [0.2, 0.25) is 5.12 Å². The van der Waals surface area contributed by atoms with Gasteiger partial charge in [-0.25, -0.2) is 9.59 Å². The van der Waals surface area contributed by atoms with Crippen LogP contribution in [0, 0.1) is 0 Å². The molecular weight excluding hydrogens is 416 g/mol. The highest BCUT2D eigenvalue weighted by molar-refractivity contribution is 8.14. The van der Waals surface area contributed by atoms with Crippen molar-refractivity contribution in [2.45, 2.75) is 11.8 Å². The minimum Gasteiger partial charge on any atom is -0.490 e. The van der Waals surface area contributed by atoms with Crippen molar-refractivity contribution in [3.8, 4) is 11.5 Å². The number of esters is 2. The zero-order chi connectivity index (χ0) is 22.6. The number of carbonyl (C=O) groups excluding carboxylic acids is 3. The van der Waals surface area contributed by atoms with Crippen molar-refractivity contribution in [1.29, 1.82) is 0 Å². The highest BCUT2D eigenvalue weighted by Crippen LogP contribution is 2.23. The van der Waals surface area contributed by atoms with Crippen molar-refractivity contribution in [2.75, 3.05) is 13.2 Å². The quantitative estimate of drug-likeness (QED) is 0.176. The average Bonchev–Trinajstić information content (AvgIpc) is 2.77. The van der Waals surface area contributed by atoms with Gasteiger partial charge in [-0.15, -0.1) is 0 Å². The van der Waals surface area contributed by atoms with Gasteiger partial charge in [0.25, 0.3) is 0 Å². The topological polar surface area (TPSA) is 78.9 Å². The Bertz CT molecular complexity index is 974. The molecule has 0 fully saturated rings. The largest absolute Gasteiger partial charge is 0.490 e. The molecule has 0 aliphatic rings. The predicted octanol–water partition coefficient (Wildman–Crippen LogP) is 4.61. The van der Waals surface area contributed by atoms with Crippen LogP contribution < -0.4 is 9.47 Å². The third kappa shape index (κ3) is 8.76. The van der Waals surface area contributed by atoms with Crippen LogP contribution in [0.2, 0.25) is 0 Å². The van der Waals surface area contributed by atoms with Crippen LogP contribution in [-0.2, 0) is 19.1 Å². The van der Waals surface area contributed by atoms with Crippen LogP contribution in [0.25, 0.3) is 6.08 Å². The maximum atomic E-state index is 12.2. The lowest BCUT2D eigenvalue weighted by molar-refractivity contribution is -0.138. The molecule has 2 aromatic rings. The minimum absolute atomic E-state index is 0.134. The van der Waals surface area contributed by atoms with Gasteiger partial charge in [0.1, 0.15) is 24.7 Å². The second-order valence-corrected chi connectivity index (χ2v) is 7.26. The van der Waals surface area contributed by atoms with Gasteiger partial charge in [-0.3, -0.25) is 4.79 Å². The number of rotatable bonds is 10. The number of carbonyl (C=O) groups is 3. The van der Waals surface area contributed by atoms with E-state index in [1.807, 2.05) is 12.1 Å². The summed E-state index contributed by atoms with van der Waals surface area (Å²) in [5.41, 5.74) is 1.15. The van der Waals surface area contributed by atoms with Crippen molar-refractivity contribution in [1.82, 2.24) is 0 Å². The smallest absolute Gasteiger partial charge is 0.338 e. The third-order valence-corrected chi connectivity index (χ3v) is 4.50. The molecule has 2 aromatic carbocycles. The van der Waals surface area contributed by atoms with Crippen LogP contribution in [-0.4, -0.2) is 30.3 Å². The Labute approximate surface area is 185 Å². The monoisotopic (exact) mass is 438 g/mol. The van der Waals surface area contributed by atoms with Gasteiger partial charge < -0.3 is 14.2 Å². The van der Waals surface area contributed by atoms with Gasteiger partial charge in [-0.1, -0.05) is 31.4 Å². The molecule has 0 saturated heterocycles. The summed E-state index contributed by atoms with van der Waals surface area (Å²) in [5.74, 6) is 0.0298. The van der Waals surface area contributed by atoms with E-state index >= 15 is 0 Å². The molecule has 0 N–H and O–H groups in total. The maximum Gasteiger partial charge on any atom is 0.338 e. The summed E-state index contributed by atoms with van der Waals surface area (Å²) in [7, 11) is 0. The Kier molecular flexibility index (Phi) is 9.32. The van der Waals surface area contributed by atoms with Crippen molar-refractivity contribution in [3.63, 3.8) is 0 Å². The molecule has 0 aromatic heterocycles. The number of thioether (sulfide) groups is 1. The van der Waals surface area contributed by atoms with E-state index in [0.29, 0.717) is 17.1 Å². The lowest BCUT2D eigenvalue weighted by atomic mass is 10.2. The van der Waals surface area contributed by atoms with Gasteiger partial charge in [0.15, 0.2) is 0 Å². The van der Waals surface area contributed by atoms with Gasteiger partial charge in [-0.05, 0) is 66.7 Å². The zero-order valence-corrected chi connectivity index (χ0v) is 17.9. The van der Waals surface area contributed by atoms with Crippen LogP contribution in [0.1, 0.15) is 12.5 Å². The Balaban J connectivity index is 1.80. The van der Waals surface area contributed by atoms with Gasteiger partial charge >= 0.3 is 11.9 Å². The Hall–Kier alpha value is -3.58. The molecule has 0 bridgehead atoms. The normalized spacial score (nSPS) is 10.4. The minimum atomic E-state index is -0.494. The number of hydrogen-bond donors (Lipinski definition) is 0. The van der Waals surface area contributed by atoms with Gasteiger partial charge in [-0.2, -0.15) is 0 Å². The van der Waals surface area contributed by atoms with E-state index < -0.39 is 11.9 Å². The Morgan fingerprint density at radius 1 is 0.968 bits per heavy atom. The maximum absolute atomic E-state index is 12.2. The molecular formula is C24H22O6S. The molecule has 31 heavy (non-hydrogen) atoms. The lowest BCUT2D eigenvalue weighted by Gasteiger charge is -2.06. The van der Waals surface area contributed by atoms with Crippen LogP contribution >= 0.6 is 11.8 Å². The summed E-state index contributed by atoms with van der Waals surface area (Å²) in [6.45, 7) is 8.78. The Morgan fingerprint density at radius 3 is 2.23 bits per heavy atom. The van der Waals surface area contributed by atoms with E-state index in [0.717, 1.165) is 28.3 Å². The second kappa shape index (κ2) is 12.2. The van der Waals surface area contributed by atoms with E-state index in [9.17, 15) is 14.4 Å². The molecule has 0 aliphatic carbocycles. The van der Waals surface area contributed by atoms with E-state index in [1.54, 1.807) is 49.4 Å². The van der Waals surface area contributed by atoms with Crippen molar-refractivity contribution in [3.05, 3.63) is 85.0 Å². The predicted molar refractivity (Wildman–Crippen MR) is 120 cm³/mol. The number of benzene rings is 2. The lowest BCUT2D eigenvalue weighted by Crippen LogP contribution is -2.10. The molecule has 0 amide bonds. The molecule has 0 spiro atoms. The number of ether oxygens (including phenoxy) is 3. The summed E-state index contributed by atoms with van der Waals surface area (Å²) in [6, 6.07) is 13.8.